The standard InChI is InChI=1S/C71H131NO18/c1-3-5-7-9-11-13-15-17-18-19-20-21-22-23-24-25-26-27-28-29-30-31-32-33-34-35-36-37-39-41-43-45-47-49-59(77)72-54(55(76)48-46-44-42-40-38-16-14-12-10-8-6-4-2)53-85-69-65(83)62(80)67(57(51-74)87-69)90-71-66(84)63(81)68(58(52-75)88-71)89-70-64(82)61(79)60(78)56(50-73)86-70/h15,17,19-20,22-23,54-58,60-71,73-76,78-84H,3-14,16,18,21,24-53H2,1-2H3,(H,72,77)/b17-15-,20-19-,23-22-. The summed E-state index contributed by atoms with van der Waals surface area (Å²) in [6, 6.07) is -0.885. The largest absolute Gasteiger partial charge is 0.394 e. The van der Waals surface area contributed by atoms with E-state index in [2.05, 4.69) is 55.6 Å². The van der Waals surface area contributed by atoms with E-state index < -0.39 is 124 Å². The number of hydrogen-bond acceptors (Lipinski definition) is 18. The summed E-state index contributed by atoms with van der Waals surface area (Å²) in [6.45, 7) is 1.79. The van der Waals surface area contributed by atoms with Crippen LogP contribution in [0, 0.1) is 0 Å². The molecule has 19 nitrogen and oxygen atoms in total. The summed E-state index contributed by atoms with van der Waals surface area (Å²) in [7, 11) is 0. The van der Waals surface area contributed by atoms with Crippen molar-refractivity contribution in [1.82, 2.24) is 5.32 Å². The van der Waals surface area contributed by atoms with Crippen molar-refractivity contribution >= 4 is 5.91 Å². The van der Waals surface area contributed by atoms with E-state index in [1.807, 2.05) is 0 Å². The molecule has 3 rings (SSSR count). The lowest BCUT2D eigenvalue weighted by atomic mass is 9.96. The number of unbranched alkanes of at least 4 members (excludes halogenated alkanes) is 34. The molecule has 12 N–H and O–H groups in total. The molecule has 528 valence electrons. The van der Waals surface area contributed by atoms with E-state index in [1.54, 1.807) is 0 Å². The number of allylic oxidation sites excluding steroid dienone is 6. The van der Waals surface area contributed by atoms with Crippen LogP contribution < -0.4 is 5.32 Å². The molecule has 17 unspecified atom stereocenters. The predicted molar refractivity (Wildman–Crippen MR) is 351 cm³/mol. The maximum atomic E-state index is 13.4. The lowest BCUT2D eigenvalue weighted by molar-refractivity contribution is -0.379. The summed E-state index contributed by atoms with van der Waals surface area (Å²) in [6.07, 6.45) is 35.3. The summed E-state index contributed by atoms with van der Waals surface area (Å²) in [5, 5.41) is 121. The van der Waals surface area contributed by atoms with Crippen molar-refractivity contribution in [1.29, 1.82) is 0 Å². The lowest BCUT2D eigenvalue weighted by Gasteiger charge is -2.48. The van der Waals surface area contributed by atoms with Gasteiger partial charge in [0, 0.05) is 6.42 Å². The fraction of sp³-hybridized carbons (Fsp3) is 0.901. The molecule has 90 heavy (non-hydrogen) atoms. The van der Waals surface area contributed by atoms with Crippen LogP contribution in [-0.4, -0.2) is 193 Å². The number of aliphatic hydroxyl groups excluding tert-OH is 11. The molecule has 0 radical (unpaired) electrons. The van der Waals surface area contributed by atoms with Crippen LogP contribution in [0.5, 0.6) is 0 Å². The Bertz CT molecular complexity index is 1780. The molecule has 3 saturated heterocycles. The minimum atomic E-state index is -1.97. The van der Waals surface area contributed by atoms with E-state index in [4.69, 9.17) is 28.4 Å². The number of hydrogen-bond donors (Lipinski definition) is 12. The first kappa shape index (κ1) is 82.2. The third kappa shape index (κ3) is 34.6. The van der Waals surface area contributed by atoms with E-state index >= 15 is 0 Å². The number of carbonyl (C=O) groups excluding carboxylic acids is 1. The van der Waals surface area contributed by atoms with Crippen LogP contribution in [0.4, 0.5) is 0 Å². The van der Waals surface area contributed by atoms with E-state index in [-0.39, 0.29) is 18.9 Å². The Morgan fingerprint density at radius 1 is 0.400 bits per heavy atom. The van der Waals surface area contributed by atoms with Gasteiger partial charge in [0.05, 0.1) is 38.6 Å². The SMILES string of the molecule is CCCCCCC/C=C\C/C=C\C/C=C\CCCCCCCCCCCCCCCCCCCCC(=O)NC(COC1OC(CO)C(OC2OC(CO)C(OC3OC(CO)C(O)C(O)C3O)C(O)C2O)C(O)C1O)C(O)CCCCCCCCCCCCCC. The van der Waals surface area contributed by atoms with Gasteiger partial charge >= 0.3 is 0 Å². The Morgan fingerprint density at radius 3 is 1.14 bits per heavy atom. The Hall–Kier alpha value is -1.99. The van der Waals surface area contributed by atoms with Crippen LogP contribution in [0.15, 0.2) is 36.5 Å². The second kappa shape index (κ2) is 53.2. The monoisotopic (exact) mass is 1290 g/mol. The van der Waals surface area contributed by atoms with Crippen molar-refractivity contribution in [3.63, 3.8) is 0 Å². The number of ether oxygens (including phenoxy) is 6. The molecule has 3 aliphatic rings. The molecule has 0 spiro atoms. The first-order valence-corrected chi connectivity index (χ1v) is 36.2. The Kier molecular flexibility index (Phi) is 48.6. The van der Waals surface area contributed by atoms with Crippen molar-refractivity contribution in [3.8, 4) is 0 Å². The molecule has 1 amide bonds. The van der Waals surface area contributed by atoms with Gasteiger partial charge in [0.1, 0.15) is 73.2 Å². The minimum Gasteiger partial charge on any atom is -0.394 e. The van der Waals surface area contributed by atoms with Gasteiger partial charge in [-0.25, -0.2) is 0 Å². The molecule has 3 aliphatic heterocycles. The van der Waals surface area contributed by atoms with Crippen molar-refractivity contribution in [2.24, 2.45) is 0 Å². The van der Waals surface area contributed by atoms with E-state index in [0.29, 0.717) is 12.8 Å². The zero-order chi connectivity index (χ0) is 65.4. The molecule has 0 aromatic rings. The quantitative estimate of drug-likeness (QED) is 0.0199. The fourth-order valence-electron chi connectivity index (χ4n) is 12.3. The smallest absolute Gasteiger partial charge is 0.220 e. The van der Waals surface area contributed by atoms with Gasteiger partial charge < -0.3 is 89.9 Å². The Morgan fingerprint density at radius 2 is 0.733 bits per heavy atom. The van der Waals surface area contributed by atoms with Gasteiger partial charge in [-0.2, -0.15) is 0 Å². The van der Waals surface area contributed by atoms with Crippen molar-refractivity contribution in [2.45, 2.75) is 381 Å². The summed E-state index contributed by atoms with van der Waals surface area (Å²) < 4.78 is 34.4. The van der Waals surface area contributed by atoms with Gasteiger partial charge in [-0.15, -0.1) is 0 Å². The first-order valence-electron chi connectivity index (χ1n) is 36.2. The first-order chi connectivity index (χ1) is 43.8. The van der Waals surface area contributed by atoms with Crippen LogP contribution in [0.25, 0.3) is 0 Å². The number of amides is 1. The molecular formula is C71H131NO18. The van der Waals surface area contributed by atoms with Gasteiger partial charge in [0.25, 0.3) is 0 Å². The molecule has 19 heteroatoms. The topological polar surface area (TPSA) is 307 Å². The molecule has 0 aromatic carbocycles. The number of carbonyl (C=O) groups is 1. The Balaban J connectivity index is 1.33. The maximum absolute atomic E-state index is 13.4. The van der Waals surface area contributed by atoms with Gasteiger partial charge in [-0.3, -0.25) is 4.79 Å². The molecule has 3 heterocycles. The van der Waals surface area contributed by atoms with Crippen molar-refractivity contribution in [2.75, 3.05) is 26.4 Å². The van der Waals surface area contributed by atoms with E-state index in [0.717, 1.165) is 57.8 Å². The highest BCUT2D eigenvalue weighted by molar-refractivity contribution is 5.76. The molecular weight excluding hydrogens is 1150 g/mol. The van der Waals surface area contributed by atoms with Gasteiger partial charge in [0.15, 0.2) is 18.9 Å². The highest BCUT2D eigenvalue weighted by Crippen LogP contribution is 2.33. The van der Waals surface area contributed by atoms with Crippen LogP contribution in [0.1, 0.15) is 277 Å². The third-order valence-electron chi connectivity index (χ3n) is 18.2. The molecule has 0 saturated carbocycles. The second-order valence-electron chi connectivity index (χ2n) is 26.1. The maximum Gasteiger partial charge on any atom is 0.220 e. The van der Waals surface area contributed by atoms with Crippen LogP contribution in [0.3, 0.4) is 0 Å². The normalized spacial score (nSPS) is 28.2. The van der Waals surface area contributed by atoms with Crippen molar-refractivity contribution < 1.29 is 89.4 Å². The lowest BCUT2D eigenvalue weighted by Crippen LogP contribution is -2.66. The van der Waals surface area contributed by atoms with Crippen molar-refractivity contribution in [3.05, 3.63) is 36.5 Å². The van der Waals surface area contributed by atoms with Gasteiger partial charge in [-0.05, 0) is 51.4 Å². The molecule has 17 atom stereocenters. The summed E-state index contributed by atoms with van der Waals surface area (Å²) >= 11 is 0. The highest BCUT2D eigenvalue weighted by Gasteiger charge is 2.53. The Labute approximate surface area is 542 Å². The average molecular weight is 1290 g/mol. The molecule has 0 aromatic heterocycles. The second-order valence-corrected chi connectivity index (χ2v) is 26.1. The number of nitrogens with one attached hydrogen (secondary N) is 1. The third-order valence-corrected chi connectivity index (χ3v) is 18.2. The summed E-state index contributed by atoms with van der Waals surface area (Å²) in [5.74, 6) is -0.241. The average Bonchev–Trinajstić information content (AvgIpc) is 0.864. The minimum absolute atomic E-state index is 0.241. The molecule has 0 aliphatic carbocycles. The summed E-state index contributed by atoms with van der Waals surface area (Å²) in [5.41, 5.74) is 0. The van der Waals surface area contributed by atoms with Crippen LogP contribution in [-0.2, 0) is 33.2 Å². The molecule has 3 fully saturated rings. The van der Waals surface area contributed by atoms with Crippen LogP contribution >= 0.6 is 0 Å². The predicted octanol–water partition coefficient (Wildman–Crippen LogP) is 10.00. The summed E-state index contributed by atoms with van der Waals surface area (Å²) in [4.78, 5) is 13.4. The van der Waals surface area contributed by atoms with Gasteiger partial charge in [-0.1, -0.05) is 256 Å². The zero-order valence-corrected chi connectivity index (χ0v) is 55.9. The number of rotatable bonds is 56. The van der Waals surface area contributed by atoms with E-state index in [9.17, 15) is 61.0 Å². The van der Waals surface area contributed by atoms with E-state index in [1.165, 1.54) is 186 Å². The fourth-order valence-corrected chi connectivity index (χ4v) is 12.3. The van der Waals surface area contributed by atoms with Gasteiger partial charge in [0.2, 0.25) is 5.91 Å². The van der Waals surface area contributed by atoms with Crippen LogP contribution in [0.2, 0.25) is 0 Å². The highest BCUT2D eigenvalue weighted by atomic mass is 16.8. The zero-order valence-electron chi connectivity index (χ0n) is 55.9. The molecule has 0 bridgehead atoms. The number of aliphatic hydroxyl groups is 11.